The van der Waals surface area contributed by atoms with Crippen molar-refractivity contribution in [3.63, 3.8) is 0 Å². The molecular weight excluding hydrogens is 310 g/mol. The normalized spacial score (nSPS) is 11.9. The van der Waals surface area contributed by atoms with Gasteiger partial charge in [-0.25, -0.2) is 0 Å². The third kappa shape index (κ3) is 2.41. The fourth-order valence-corrected chi connectivity index (χ4v) is 3.44. The topological polar surface area (TPSA) is 64.8 Å². The molecule has 3 aromatic rings. The summed E-state index contributed by atoms with van der Waals surface area (Å²) < 4.78 is 26.2. The number of hydrogen-bond donors (Lipinski definition) is 0. The van der Waals surface area contributed by atoms with E-state index in [1.165, 1.54) is 0 Å². The van der Waals surface area contributed by atoms with E-state index in [2.05, 4.69) is 10.3 Å². The maximum Gasteiger partial charge on any atom is 0.284 e. The summed E-state index contributed by atoms with van der Waals surface area (Å²) in [7, 11) is -3.76. The molecule has 108 valence electrons. The number of aryl methyl sites for hydroxylation is 1. The van der Waals surface area contributed by atoms with Crippen LogP contribution in [0.3, 0.4) is 0 Å². The molecule has 0 bridgehead atoms. The van der Waals surface area contributed by atoms with Crippen molar-refractivity contribution in [2.24, 2.45) is 0 Å². The first-order valence-electron chi connectivity index (χ1n) is 6.38. The van der Waals surface area contributed by atoms with Gasteiger partial charge in [-0.15, -0.1) is 9.19 Å². The minimum atomic E-state index is -3.76. The average Bonchev–Trinajstić information content (AvgIpc) is 2.91. The van der Waals surface area contributed by atoms with E-state index in [0.29, 0.717) is 16.1 Å². The van der Waals surface area contributed by atoms with Gasteiger partial charge >= 0.3 is 0 Å². The summed E-state index contributed by atoms with van der Waals surface area (Å²) in [6, 6.07) is 11.5. The molecule has 0 radical (unpaired) electrons. The van der Waals surface area contributed by atoms with Crippen LogP contribution in [0, 0.1) is 0 Å². The van der Waals surface area contributed by atoms with Crippen LogP contribution in [0.15, 0.2) is 47.4 Å². The quantitative estimate of drug-likeness (QED) is 0.744. The molecule has 7 heteroatoms. The van der Waals surface area contributed by atoms with Gasteiger partial charge in [0.25, 0.3) is 10.0 Å². The Morgan fingerprint density at radius 2 is 1.86 bits per heavy atom. The SMILES string of the molecule is CCc1ccc(S(=O)(=O)n2nnc3cc(Cl)ccc32)cc1. The van der Waals surface area contributed by atoms with Crippen LogP contribution in [0.1, 0.15) is 12.5 Å². The van der Waals surface area contributed by atoms with E-state index in [0.717, 1.165) is 16.1 Å². The number of rotatable bonds is 3. The van der Waals surface area contributed by atoms with Gasteiger partial charge in [-0.3, -0.25) is 0 Å². The van der Waals surface area contributed by atoms with E-state index < -0.39 is 10.0 Å². The number of fused-ring (bicyclic) bond motifs is 1. The lowest BCUT2D eigenvalue weighted by atomic mass is 10.2. The van der Waals surface area contributed by atoms with Crippen LogP contribution in [-0.4, -0.2) is 22.8 Å². The molecule has 0 amide bonds. The van der Waals surface area contributed by atoms with Crippen molar-refractivity contribution >= 4 is 32.7 Å². The molecule has 0 aliphatic heterocycles. The lowest BCUT2D eigenvalue weighted by Crippen LogP contribution is -2.14. The maximum absolute atomic E-state index is 12.6. The van der Waals surface area contributed by atoms with E-state index >= 15 is 0 Å². The third-order valence-electron chi connectivity index (χ3n) is 3.23. The monoisotopic (exact) mass is 321 g/mol. The zero-order valence-corrected chi connectivity index (χ0v) is 12.8. The van der Waals surface area contributed by atoms with Crippen molar-refractivity contribution in [2.75, 3.05) is 0 Å². The standard InChI is InChI=1S/C14H12ClN3O2S/c1-2-10-3-6-12(7-4-10)21(19,20)18-14-8-5-11(15)9-13(14)16-17-18/h3-9H,2H2,1H3. The second-order valence-corrected chi connectivity index (χ2v) is 6.77. The van der Waals surface area contributed by atoms with Crippen LogP contribution in [0.5, 0.6) is 0 Å². The Balaban J connectivity index is 2.15. The predicted molar refractivity (Wildman–Crippen MR) is 80.9 cm³/mol. The molecule has 0 spiro atoms. The molecule has 2 aromatic carbocycles. The summed E-state index contributed by atoms with van der Waals surface area (Å²) in [5, 5.41) is 8.09. The number of aromatic nitrogens is 3. The van der Waals surface area contributed by atoms with Crippen LogP contribution in [0.25, 0.3) is 11.0 Å². The Hall–Kier alpha value is -1.92. The molecule has 21 heavy (non-hydrogen) atoms. The van der Waals surface area contributed by atoms with E-state index in [4.69, 9.17) is 11.6 Å². The van der Waals surface area contributed by atoms with E-state index in [1.54, 1.807) is 42.5 Å². The summed E-state index contributed by atoms with van der Waals surface area (Å²) in [5.74, 6) is 0. The Bertz CT molecular complexity index is 902. The minimum absolute atomic E-state index is 0.182. The van der Waals surface area contributed by atoms with Crippen LogP contribution in [0.4, 0.5) is 0 Å². The lowest BCUT2D eigenvalue weighted by molar-refractivity contribution is 0.579. The maximum atomic E-state index is 12.6. The Labute approximate surface area is 127 Å². The molecule has 1 heterocycles. The van der Waals surface area contributed by atoms with Gasteiger partial charge in [0.2, 0.25) is 0 Å². The van der Waals surface area contributed by atoms with Crippen LogP contribution in [-0.2, 0) is 16.4 Å². The van der Waals surface area contributed by atoms with E-state index in [-0.39, 0.29) is 4.90 Å². The second-order valence-electron chi connectivity index (χ2n) is 4.57. The Kier molecular flexibility index (Phi) is 3.43. The largest absolute Gasteiger partial charge is 0.284 e. The highest BCUT2D eigenvalue weighted by Gasteiger charge is 2.21. The lowest BCUT2D eigenvalue weighted by Gasteiger charge is -2.05. The molecule has 0 unspecified atom stereocenters. The summed E-state index contributed by atoms with van der Waals surface area (Å²) in [4.78, 5) is 0.182. The van der Waals surface area contributed by atoms with Gasteiger partial charge in [0.05, 0.1) is 4.90 Å². The first-order valence-corrected chi connectivity index (χ1v) is 8.19. The molecule has 0 saturated heterocycles. The Morgan fingerprint density at radius 1 is 1.14 bits per heavy atom. The first-order chi connectivity index (χ1) is 10.0. The molecule has 0 aliphatic rings. The molecular formula is C14H12ClN3O2S. The molecule has 1 aromatic heterocycles. The van der Waals surface area contributed by atoms with Crippen LogP contribution >= 0.6 is 11.6 Å². The first kappa shape index (κ1) is 14.0. The van der Waals surface area contributed by atoms with E-state index in [1.807, 2.05) is 6.92 Å². The highest BCUT2D eigenvalue weighted by atomic mass is 35.5. The molecule has 5 nitrogen and oxygen atoms in total. The summed E-state index contributed by atoms with van der Waals surface area (Å²) in [6.07, 6.45) is 0.852. The number of halogens is 1. The van der Waals surface area contributed by atoms with Crippen molar-refractivity contribution in [3.8, 4) is 0 Å². The molecule has 0 saturated carbocycles. The number of benzene rings is 2. The minimum Gasteiger partial charge on any atom is -0.199 e. The molecule has 0 fully saturated rings. The molecule has 0 N–H and O–H groups in total. The average molecular weight is 322 g/mol. The van der Waals surface area contributed by atoms with Gasteiger partial charge in [0, 0.05) is 5.02 Å². The fraction of sp³-hybridized carbons (Fsp3) is 0.143. The van der Waals surface area contributed by atoms with Crippen molar-refractivity contribution in [1.82, 2.24) is 14.4 Å². The number of hydrogen-bond acceptors (Lipinski definition) is 4. The highest BCUT2D eigenvalue weighted by molar-refractivity contribution is 7.90. The second kappa shape index (κ2) is 5.13. The zero-order valence-electron chi connectivity index (χ0n) is 11.2. The third-order valence-corrected chi connectivity index (χ3v) is 5.06. The summed E-state index contributed by atoms with van der Waals surface area (Å²) >= 11 is 5.87. The number of nitrogens with zero attached hydrogens (tertiary/aromatic N) is 3. The molecule has 0 aliphatic carbocycles. The molecule has 3 rings (SSSR count). The zero-order chi connectivity index (χ0) is 15.0. The van der Waals surface area contributed by atoms with Gasteiger partial charge in [0.1, 0.15) is 11.0 Å². The van der Waals surface area contributed by atoms with Gasteiger partial charge < -0.3 is 0 Å². The van der Waals surface area contributed by atoms with Crippen LogP contribution in [0.2, 0.25) is 5.02 Å². The Morgan fingerprint density at radius 3 is 2.52 bits per heavy atom. The fourth-order valence-electron chi connectivity index (χ4n) is 2.05. The van der Waals surface area contributed by atoms with Gasteiger partial charge in [-0.1, -0.05) is 35.9 Å². The summed E-state index contributed by atoms with van der Waals surface area (Å²) in [6.45, 7) is 2.01. The van der Waals surface area contributed by atoms with E-state index in [9.17, 15) is 8.42 Å². The van der Waals surface area contributed by atoms with Crippen LogP contribution < -0.4 is 0 Å². The molecule has 0 atom stereocenters. The predicted octanol–water partition coefficient (Wildman–Crippen LogP) is 2.88. The van der Waals surface area contributed by atoms with Crippen molar-refractivity contribution in [3.05, 3.63) is 53.1 Å². The summed E-state index contributed by atoms with van der Waals surface area (Å²) in [5.41, 5.74) is 1.92. The van der Waals surface area contributed by atoms with Gasteiger partial charge in [-0.2, -0.15) is 8.42 Å². The highest BCUT2D eigenvalue weighted by Crippen LogP contribution is 2.21. The van der Waals surface area contributed by atoms with Crippen molar-refractivity contribution < 1.29 is 8.42 Å². The van der Waals surface area contributed by atoms with Crippen molar-refractivity contribution in [1.29, 1.82) is 0 Å². The van der Waals surface area contributed by atoms with Gasteiger partial charge in [-0.05, 0) is 42.3 Å². The van der Waals surface area contributed by atoms with Crippen molar-refractivity contribution in [2.45, 2.75) is 18.2 Å². The van der Waals surface area contributed by atoms with Gasteiger partial charge in [0.15, 0.2) is 0 Å². The smallest absolute Gasteiger partial charge is 0.199 e.